The fourth-order valence-electron chi connectivity index (χ4n) is 2.35. The molecule has 2 nitrogen and oxygen atoms in total. The van der Waals surface area contributed by atoms with Gasteiger partial charge in [-0.25, -0.2) is 4.39 Å². The molecule has 3 heteroatoms. The molecule has 0 amide bonds. The summed E-state index contributed by atoms with van der Waals surface area (Å²) in [6.45, 7) is 3.70. The third-order valence-electron chi connectivity index (χ3n) is 3.34. The van der Waals surface area contributed by atoms with Gasteiger partial charge in [-0.2, -0.15) is 0 Å². The first-order valence-corrected chi connectivity index (χ1v) is 6.62. The summed E-state index contributed by atoms with van der Waals surface area (Å²) in [5.74, 6) is -0.177. The minimum absolute atomic E-state index is 0.180. The Hall–Kier alpha value is -2.68. The van der Waals surface area contributed by atoms with Gasteiger partial charge < -0.3 is 4.42 Å². The summed E-state index contributed by atoms with van der Waals surface area (Å²) < 4.78 is 19.7. The van der Waals surface area contributed by atoms with Crippen LogP contribution in [0, 0.1) is 5.82 Å². The van der Waals surface area contributed by atoms with E-state index in [2.05, 4.69) is 6.58 Å². The maximum Gasteiger partial charge on any atom is 0.193 e. The van der Waals surface area contributed by atoms with Gasteiger partial charge in [0.2, 0.25) is 0 Å². The second kappa shape index (κ2) is 5.37. The van der Waals surface area contributed by atoms with Crippen molar-refractivity contribution in [2.24, 2.45) is 0 Å². The molecule has 0 bridgehead atoms. The largest absolute Gasteiger partial charge is 0.455 e. The predicted octanol–water partition coefficient (Wildman–Crippen LogP) is 4.33. The standard InChI is InChI=1S/C18H13FO2/c1-2-6-12-7-5-9-14-16(20)11-17(21-18(12)14)13-8-3-4-10-15(13)19/h2-5,7-11H,1,6H2. The maximum atomic E-state index is 13.9. The molecule has 0 spiro atoms. The Morgan fingerprint density at radius 2 is 1.95 bits per heavy atom. The van der Waals surface area contributed by atoms with Gasteiger partial charge in [0.05, 0.1) is 10.9 Å². The number of halogens is 1. The Labute approximate surface area is 121 Å². The Kier molecular flexibility index (Phi) is 3.40. The lowest BCUT2D eigenvalue weighted by Crippen LogP contribution is -2.02. The summed E-state index contributed by atoms with van der Waals surface area (Å²) >= 11 is 0. The fourth-order valence-corrected chi connectivity index (χ4v) is 2.35. The van der Waals surface area contributed by atoms with Crippen molar-refractivity contribution in [3.63, 3.8) is 0 Å². The molecule has 0 aliphatic carbocycles. The van der Waals surface area contributed by atoms with Crippen LogP contribution in [-0.2, 0) is 6.42 Å². The van der Waals surface area contributed by atoms with Gasteiger partial charge in [-0.05, 0) is 30.2 Å². The average molecular weight is 280 g/mol. The minimum atomic E-state index is -0.416. The first-order valence-electron chi connectivity index (χ1n) is 6.62. The van der Waals surface area contributed by atoms with E-state index in [9.17, 15) is 9.18 Å². The number of rotatable bonds is 3. The lowest BCUT2D eigenvalue weighted by molar-refractivity contribution is 0.592. The van der Waals surface area contributed by atoms with Crippen molar-refractivity contribution in [2.45, 2.75) is 6.42 Å². The van der Waals surface area contributed by atoms with Gasteiger partial charge in [-0.15, -0.1) is 6.58 Å². The van der Waals surface area contributed by atoms with Gasteiger partial charge in [0.25, 0.3) is 0 Å². The highest BCUT2D eigenvalue weighted by atomic mass is 19.1. The van der Waals surface area contributed by atoms with Crippen LogP contribution in [0.1, 0.15) is 5.56 Å². The normalized spacial score (nSPS) is 10.7. The van der Waals surface area contributed by atoms with E-state index >= 15 is 0 Å². The van der Waals surface area contributed by atoms with E-state index in [0.717, 1.165) is 5.56 Å². The van der Waals surface area contributed by atoms with Crippen molar-refractivity contribution in [1.82, 2.24) is 0 Å². The Morgan fingerprint density at radius 1 is 1.14 bits per heavy atom. The first kappa shape index (κ1) is 13.3. The molecule has 0 radical (unpaired) electrons. The van der Waals surface area contributed by atoms with Crippen molar-refractivity contribution < 1.29 is 8.81 Å². The van der Waals surface area contributed by atoms with Crippen LogP contribution in [0.5, 0.6) is 0 Å². The van der Waals surface area contributed by atoms with Crippen molar-refractivity contribution in [1.29, 1.82) is 0 Å². The molecule has 0 N–H and O–H groups in total. The maximum absolute atomic E-state index is 13.9. The summed E-state index contributed by atoms with van der Waals surface area (Å²) in [5, 5.41) is 0.495. The first-order chi connectivity index (χ1) is 10.2. The van der Waals surface area contributed by atoms with Gasteiger partial charge in [0.15, 0.2) is 5.43 Å². The van der Waals surface area contributed by atoms with E-state index in [4.69, 9.17) is 4.42 Å². The van der Waals surface area contributed by atoms with Crippen molar-refractivity contribution in [3.8, 4) is 11.3 Å². The van der Waals surface area contributed by atoms with Crippen LogP contribution >= 0.6 is 0 Å². The molecule has 0 saturated carbocycles. The van der Waals surface area contributed by atoms with Crippen LogP contribution in [0.3, 0.4) is 0 Å². The third kappa shape index (κ3) is 2.38. The van der Waals surface area contributed by atoms with E-state index in [1.54, 1.807) is 36.4 Å². The number of hydrogen-bond acceptors (Lipinski definition) is 2. The monoisotopic (exact) mass is 280 g/mol. The highest BCUT2D eigenvalue weighted by molar-refractivity contribution is 5.81. The zero-order valence-corrected chi connectivity index (χ0v) is 11.3. The zero-order valence-electron chi connectivity index (χ0n) is 11.3. The lowest BCUT2D eigenvalue weighted by Gasteiger charge is -2.07. The molecule has 0 aliphatic heterocycles. The van der Waals surface area contributed by atoms with Crippen LogP contribution in [0.4, 0.5) is 4.39 Å². The van der Waals surface area contributed by atoms with Gasteiger partial charge in [0, 0.05) is 6.07 Å². The second-order valence-electron chi connectivity index (χ2n) is 4.74. The molecule has 0 saturated heterocycles. The van der Waals surface area contributed by atoms with E-state index in [-0.39, 0.29) is 16.8 Å². The van der Waals surface area contributed by atoms with Gasteiger partial charge in [0.1, 0.15) is 17.2 Å². The predicted molar refractivity (Wildman–Crippen MR) is 81.8 cm³/mol. The van der Waals surface area contributed by atoms with Crippen LogP contribution < -0.4 is 5.43 Å². The van der Waals surface area contributed by atoms with Crippen LogP contribution in [0.2, 0.25) is 0 Å². The molecule has 0 unspecified atom stereocenters. The highest BCUT2D eigenvalue weighted by Gasteiger charge is 2.12. The summed E-state index contributed by atoms with van der Waals surface area (Å²) in [6, 6.07) is 13.0. The quantitative estimate of drug-likeness (QED) is 0.668. The van der Waals surface area contributed by atoms with Crippen molar-refractivity contribution in [2.75, 3.05) is 0 Å². The van der Waals surface area contributed by atoms with E-state index in [1.807, 2.05) is 6.07 Å². The average Bonchev–Trinajstić information content (AvgIpc) is 2.49. The fraction of sp³-hybridized carbons (Fsp3) is 0.0556. The summed E-state index contributed by atoms with van der Waals surface area (Å²) in [5.41, 5.74) is 1.45. The molecule has 1 aromatic heterocycles. The molecular weight excluding hydrogens is 267 g/mol. The van der Waals surface area contributed by atoms with E-state index in [1.165, 1.54) is 12.1 Å². The number of fused-ring (bicyclic) bond motifs is 1. The Bertz CT molecular complexity index is 878. The molecule has 21 heavy (non-hydrogen) atoms. The summed E-state index contributed by atoms with van der Waals surface area (Å²) in [7, 11) is 0. The van der Waals surface area contributed by atoms with Gasteiger partial charge in [-0.3, -0.25) is 4.79 Å². The smallest absolute Gasteiger partial charge is 0.193 e. The summed E-state index contributed by atoms with van der Waals surface area (Å²) in [6.07, 6.45) is 2.32. The molecule has 104 valence electrons. The Balaban J connectivity index is 2.32. The molecule has 3 aromatic rings. The van der Waals surface area contributed by atoms with E-state index in [0.29, 0.717) is 17.4 Å². The molecular formula is C18H13FO2. The van der Waals surface area contributed by atoms with E-state index < -0.39 is 5.82 Å². The zero-order chi connectivity index (χ0) is 14.8. The third-order valence-corrected chi connectivity index (χ3v) is 3.34. The number of allylic oxidation sites excluding steroid dienone is 1. The van der Waals surface area contributed by atoms with Crippen molar-refractivity contribution >= 4 is 11.0 Å². The molecule has 0 atom stereocenters. The van der Waals surface area contributed by atoms with Gasteiger partial charge >= 0.3 is 0 Å². The molecule has 0 fully saturated rings. The van der Waals surface area contributed by atoms with Crippen LogP contribution in [0.25, 0.3) is 22.3 Å². The number of hydrogen-bond donors (Lipinski definition) is 0. The van der Waals surface area contributed by atoms with Crippen LogP contribution in [0.15, 0.2) is 70.4 Å². The minimum Gasteiger partial charge on any atom is -0.455 e. The summed E-state index contributed by atoms with van der Waals surface area (Å²) in [4.78, 5) is 12.2. The lowest BCUT2D eigenvalue weighted by atomic mass is 10.1. The SMILES string of the molecule is C=CCc1cccc2c(=O)cc(-c3ccccc3F)oc12. The van der Waals surface area contributed by atoms with Gasteiger partial charge in [-0.1, -0.05) is 30.3 Å². The van der Waals surface area contributed by atoms with Crippen molar-refractivity contribution in [3.05, 3.63) is 82.8 Å². The topological polar surface area (TPSA) is 30.2 Å². The molecule has 1 heterocycles. The highest BCUT2D eigenvalue weighted by Crippen LogP contribution is 2.26. The Morgan fingerprint density at radius 3 is 2.71 bits per heavy atom. The molecule has 0 aliphatic rings. The second-order valence-corrected chi connectivity index (χ2v) is 4.74. The molecule has 3 rings (SSSR count). The number of benzene rings is 2. The van der Waals surface area contributed by atoms with Crippen LogP contribution in [-0.4, -0.2) is 0 Å². The number of para-hydroxylation sites is 1. The molecule has 2 aromatic carbocycles.